The molecule has 5 heteroatoms. The summed E-state index contributed by atoms with van der Waals surface area (Å²) in [6, 6.07) is 47.0. The molecule has 0 atom stereocenters. The number of aromatic hydroxyl groups is 1. The number of fused-ring (bicyclic) bond motifs is 8. The number of aromatic nitrogens is 4. The Bertz CT molecular complexity index is 2560. The number of hydrogen-bond donors (Lipinski definition) is 3. The van der Waals surface area contributed by atoms with E-state index < -0.39 is 0 Å². The largest absolute Gasteiger partial charge is 0.508 e. The van der Waals surface area contributed by atoms with Crippen LogP contribution in [0.1, 0.15) is 22.8 Å². The number of nitrogens with zero attached hydrogens (tertiary/aromatic N) is 2. The van der Waals surface area contributed by atoms with Crippen molar-refractivity contribution in [1.82, 2.24) is 19.9 Å². The van der Waals surface area contributed by atoms with E-state index in [1.165, 1.54) is 0 Å². The highest BCUT2D eigenvalue weighted by Gasteiger charge is 2.18. The van der Waals surface area contributed by atoms with Gasteiger partial charge in [0.15, 0.2) is 0 Å². The van der Waals surface area contributed by atoms with Gasteiger partial charge < -0.3 is 15.1 Å². The lowest BCUT2D eigenvalue weighted by Gasteiger charge is -2.07. The Morgan fingerprint density at radius 3 is 1.02 bits per heavy atom. The first-order valence-electron chi connectivity index (χ1n) is 16.3. The summed E-state index contributed by atoms with van der Waals surface area (Å²) >= 11 is 0. The highest BCUT2D eigenvalue weighted by molar-refractivity contribution is 5.99. The van der Waals surface area contributed by atoms with Crippen LogP contribution in [0, 0.1) is 0 Å². The number of benzene rings is 4. The van der Waals surface area contributed by atoms with Gasteiger partial charge in [-0.15, -0.1) is 0 Å². The first-order chi connectivity index (χ1) is 24.2. The van der Waals surface area contributed by atoms with E-state index in [9.17, 15) is 5.11 Å². The van der Waals surface area contributed by atoms with E-state index in [4.69, 9.17) is 9.97 Å². The lowest BCUT2D eigenvalue weighted by molar-refractivity contribution is 0.475. The van der Waals surface area contributed by atoms with Crippen molar-refractivity contribution in [3.05, 3.63) is 162 Å². The molecule has 0 radical (unpaired) electrons. The molecule has 232 valence electrons. The number of H-pyrrole nitrogens is 2. The zero-order valence-electron chi connectivity index (χ0n) is 26.4. The quantitative estimate of drug-likeness (QED) is 0.181. The van der Waals surface area contributed by atoms with E-state index in [0.717, 1.165) is 89.4 Å². The lowest BCUT2D eigenvalue weighted by atomic mass is 10.0. The van der Waals surface area contributed by atoms with Crippen LogP contribution in [0.4, 0.5) is 0 Å². The fourth-order valence-electron chi connectivity index (χ4n) is 6.90. The molecule has 0 unspecified atom stereocenters. The van der Waals surface area contributed by atoms with Gasteiger partial charge in [0.1, 0.15) is 5.75 Å². The van der Waals surface area contributed by atoms with E-state index in [1.807, 2.05) is 30.3 Å². The minimum absolute atomic E-state index is 0.196. The third-order valence-corrected chi connectivity index (χ3v) is 9.08. The van der Waals surface area contributed by atoms with E-state index in [0.29, 0.717) is 0 Å². The Balaban J connectivity index is 1.49. The summed E-state index contributed by atoms with van der Waals surface area (Å²) in [6.45, 7) is 0. The predicted molar refractivity (Wildman–Crippen MR) is 202 cm³/mol. The minimum atomic E-state index is 0.196. The first kappa shape index (κ1) is 28.5. The number of phenolic OH excluding ortho intramolecular Hbond substituents is 1. The zero-order chi connectivity index (χ0) is 32.7. The molecule has 2 aliphatic rings. The van der Waals surface area contributed by atoms with Crippen LogP contribution in [-0.2, 0) is 0 Å². The summed E-state index contributed by atoms with van der Waals surface area (Å²) in [5, 5.41) is 10.6. The summed E-state index contributed by atoms with van der Waals surface area (Å²) in [5.74, 6) is 0.196. The zero-order valence-corrected chi connectivity index (χ0v) is 26.4. The molecule has 4 aromatic carbocycles. The van der Waals surface area contributed by atoms with Crippen LogP contribution in [-0.4, -0.2) is 25.0 Å². The molecule has 0 saturated heterocycles. The summed E-state index contributed by atoms with van der Waals surface area (Å²) in [4.78, 5) is 18.1. The molecule has 49 heavy (non-hydrogen) atoms. The van der Waals surface area contributed by atoms with Crippen molar-refractivity contribution in [2.75, 3.05) is 0 Å². The maximum Gasteiger partial charge on any atom is 0.116 e. The fraction of sp³-hybridized carbons (Fsp3) is 0. The third kappa shape index (κ3) is 5.14. The smallest absolute Gasteiger partial charge is 0.116 e. The second-order valence-electron chi connectivity index (χ2n) is 12.2. The van der Waals surface area contributed by atoms with Crippen LogP contribution in [0.25, 0.3) is 90.9 Å². The van der Waals surface area contributed by atoms with Crippen molar-refractivity contribution in [1.29, 1.82) is 0 Å². The van der Waals surface area contributed by atoms with E-state index >= 15 is 0 Å². The van der Waals surface area contributed by atoms with Gasteiger partial charge in [0.2, 0.25) is 0 Å². The molecule has 9 rings (SSSR count). The molecule has 3 N–H and O–H groups in total. The summed E-state index contributed by atoms with van der Waals surface area (Å²) < 4.78 is 0. The van der Waals surface area contributed by atoms with Gasteiger partial charge in [0, 0.05) is 44.3 Å². The molecule has 5 nitrogen and oxygen atoms in total. The Kier molecular flexibility index (Phi) is 6.87. The Morgan fingerprint density at radius 1 is 0.347 bits per heavy atom. The van der Waals surface area contributed by atoms with Gasteiger partial charge in [-0.25, -0.2) is 9.97 Å². The van der Waals surface area contributed by atoms with Gasteiger partial charge in [0.25, 0.3) is 0 Å². The average Bonchev–Trinajstić information content (AvgIpc) is 3.97. The standard InChI is InChI=1S/C44H30N4O/c49-32-18-10-17-31(27-32)44-39-25-23-37(47-39)42(29-13-6-2-7-14-29)35-21-19-33(45-35)41(28-11-4-1-5-12-28)34-20-22-36(46-34)43(30-15-8-3-9-16-30)38-24-26-40(44)48-38/h1-27,45,48-49H. The first-order valence-corrected chi connectivity index (χ1v) is 16.3. The predicted octanol–water partition coefficient (Wildman–Crippen LogP) is 11.0. The Morgan fingerprint density at radius 2 is 0.673 bits per heavy atom. The SMILES string of the molecule is Oc1cccc(-c2c3nc(c(-c4ccccc4)c4ccc([nH]4)c(-c4ccccc4)c4nc(c(-c5ccccc5)c5ccc2[nH]5)C=C4)C=C3)c1. The molecule has 2 aliphatic heterocycles. The van der Waals surface area contributed by atoms with E-state index in [-0.39, 0.29) is 5.75 Å². The van der Waals surface area contributed by atoms with Gasteiger partial charge >= 0.3 is 0 Å². The number of aromatic amines is 2. The van der Waals surface area contributed by atoms with Gasteiger partial charge in [-0.2, -0.15) is 0 Å². The Labute approximate surface area is 283 Å². The van der Waals surface area contributed by atoms with Crippen molar-refractivity contribution < 1.29 is 5.11 Å². The molecule has 7 aromatic rings. The number of phenols is 1. The second kappa shape index (κ2) is 11.8. The van der Waals surface area contributed by atoms with Crippen molar-refractivity contribution in [2.45, 2.75) is 0 Å². The van der Waals surface area contributed by atoms with E-state index in [1.54, 1.807) is 12.1 Å². The fourth-order valence-corrected chi connectivity index (χ4v) is 6.90. The number of nitrogens with one attached hydrogen (secondary N) is 2. The molecule has 3 aromatic heterocycles. The molecular weight excluding hydrogens is 601 g/mol. The summed E-state index contributed by atoms with van der Waals surface area (Å²) in [5.41, 5.74) is 15.1. The van der Waals surface area contributed by atoms with Gasteiger partial charge in [-0.1, -0.05) is 103 Å². The topological polar surface area (TPSA) is 77.6 Å². The normalized spacial score (nSPS) is 12.0. The third-order valence-electron chi connectivity index (χ3n) is 9.08. The van der Waals surface area contributed by atoms with Crippen molar-refractivity contribution in [3.8, 4) is 50.3 Å². The molecule has 0 spiro atoms. The molecule has 8 bridgehead atoms. The summed E-state index contributed by atoms with van der Waals surface area (Å²) in [6.07, 6.45) is 8.36. The van der Waals surface area contributed by atoms with Gasteiger partial charge in [-0.3, -0.25) is 0 Å². The molecule has 0 fully saturated rings. The highest BCUT2D eigenvalue weighted by Crippen LogP contribution is 2.38. The maximum absolute atomic E-state index is 10.6. The molecule has 0 amide bonds. The van der Waals surface area contributed by atoms with Crippen molar-refractivity contribution >= 4 is 46.4 Å². The van der Waals surface area contributed by atoms with Crippen molar-refractivity contribution in [2.24, 2.45) is 0 Å². The van der Waals surface area contributed by atoms with Crippen LogP contribution >= 0.6 is 0 Å². The van der Waals surface area contributed by atoms with Crippen molar-refractivity contribution in [3.63, 3.8) is 0 Å². The minimum Gasteiger partial charge on any atom is -0.508 e. The molecule has 0 aliphatic carbocycles. The van der Waals surface area contributed by atoms with Crippen LogP contribution in [0.3, 0.4) is 0 Å². The lowest BCUT2D eigenvalue weighted by Crippen LogP contribution is -1.89. The van der Waals surface area contributed by atoms with E-state index in [2.05, 4.69) is 131 Å². The number of hydrogen-bond acceptors (Lipinski definition) is 3. The summed E-state index contributed by atoms with van der Waals surface area (Å²) in [7, 11) is 0. The monoisotopic (exact) mass is 630 g/mol. The highest BCUT2D eigenvalue weighted by atomic mass is 16.3. The Hall–Kier alpha value is -6.72. The van der Waals surface area contributed by atoms with Crippen LogP contribution < -0.4 is 0 Å². The van der Waals surface area contributed by atoms with Gasteiger partial charge in [-0.05, 0) is 83.0 Å². The van der Waals surface area contributed by atoms with Crippen LogP contribution in [0.2, 0.25) is 0 Å². The average molecular weight is 631 g/mol. The van der Waals surface area contributed by atoms with Crippen LogP contribution in [0.5, 0.6) is 5.75 Å². The molecular formula is C44H30N4O. The number of rotatable bonds is 4. The second-order valence-corrected chi connectivity index (χ2v) is 12.2. The van der Waals surface area contributed by atoms with Gasteiger partial charge in [0.05, 0.1) is 22.8 Å². The van der Waals surface area contributed by atoms with Crippen LogP contribution in [0.15, 0.2) is 140 Å². The molecule has 5 heterocycles. The molecule has 0 saturated carbocycles. The maximum atomic E-state index is 10.6.